The highest BCUT2D eigenvalue weighted by atomic mass is 79.9. The van der Waals surface area contributed by atoms with Crippen LogP contribution >= 0.6 is 27.5 Å². The molecule has 2 aromatic heterocycles. The summed E-state index contributed by atoms with van der Waals surface area (Å²) in [6.45, 7) is 2.71. The summed E-state index contributed by atoms with van der Waals surface area (Å²) in [4.78, 5) is 12.0. The number of hydrogen-bond acceptors (Lipinski definition) is 3. The molecule has 0 aliphatic carbocycles. The van der Waals surface area contributed by atoms with E-state index in [9.17, 15) is 4.79 Å². The van der Waals surface area contributed by atoms with E-state index in [4.69, 9.17) is 11.6 Å². The molecule has 0 aliphatic rings. The molecule has 2 heterocycles. The van der Waals surface area contributed by atoms with E-state index in [0.717, 1.165) is 16.7 Å². The molecule has 0 fully saturated rings. The van der Waals surface area contributed by atoms with Crippen molar-refractivity contribution >= 4 is 39.4 Å². The Kier molecular flexibility index (Phi) is 4.21. The second-order valence-corrected chi connectivity index (χ2v) is 5.15. The fraction of sp³-hybridized carbons (Fsp3) is 0.250. The summed E-state index contributed by atoms with van der Waals surface area (Å²) in [5.74, 6) is -0.235. The van der Waals surface area contributed by atoms with Gasteiger partial charge >= 0.3 is 0 Å². The molecule has 2 aromatic rings. The van der Waals surface area contributed by atoms with E-state index in [1.54, 1.807) is 30.2 Å². The van der Waals surface area contributed by atoms with Crippen LogP contribution in [0.5, 0.6) is 0 Å². The van der Waals surface area contributed by atoms with Gasteiger partial charge in [0.15, 0.2) is 5.69 Å². The van der Waals surface area contributed by atoms with E-state index >= 15 is 0 Å². The molecule has 19 heavy (non-hydrogen) atoms. The monoisotopic (exact) mass is 342 g/mol. The summed E-state index contributed by atoms with van der Waals surface area (Å²) in [5.41, 5.74) is 1.09. The van der Waals surface area contributed by atoms with Gasteiger partial charge in [0, 0.05) is 19.8 Å². The third-order valence-corrected chi connectivity index (χ3v) is 3.43. The number of nitrogens with zero attached hydrogens (tertiary/aromatic N) is 4. The fourth-order valence-electron chi connectivity index (χ4n) is 1.65. The highest BCUT2D eigenvalue weighted by Gasteiger charge is 2.12. The van der Waals surface area contributed by atoms with Crippen molar-refractivity contribution in [1.29, 1.82) is 0 Å². The van der Waals surface area contributed by atoms with Gasteiger partial charge in [-0.1, -0.05) is 11.6 Å². The van der Waals surface area contributed by atoms with Crippen LogP contribution in [0.15, 0.2) is 22.9 Å². The number of carbonyl (C=O) groups is 1. The minimum Gasteiger partial charge on any atom is -0.287 e. The van der Waals surface area contributed by atoms with Crippen LogP contribution < -0.4 is 0 Å². The van der Waals surface area contributed by atoms with Gasteiger partial charge in [-0.3, -0.25) is 14.2 Å². The predicted octanol–water partition coefficient (Wildman–Crippen LogP) is 2.95. The lowest BCUT2D eigenvalue weighted by Crippen LogP contribution is -2.01. The van der Waals surface area contributed by atoms with Crippen LogP contribution in [0.1, 0.15) is 23.1 Å². The number of carbonyl (C=O) groups excluding carboxylic acids is 1. The molecular formula is C12H12BrClN4O. The summed E-state index contributed by atoms with van der Waals surface area (Å²) in [6, 6.07) is 0. The molecule has 0 aromatic carbocycles. The van der Waals surface area contributed by atoms with E-state index < -0.39 is 0 Å². The van der Waals surface area contributed by atoms with E-state index in [1.165, 1.54) is 10.8 Å². The Morgan fingerprint density at radius 1 is 1.58 bits per heavy atom. The maximum absolute atomic E-state index is 12.0. The highest BCUT2D eigenvalue weighted by Crippen LogP contribution is 2.19. The number of ketones is 1. The molecule has 0 atom stereocenters. The van der Waals surface area contributed by atoms with Crippen molar-refractivity contribution in [3.63, 3.8) is 0 Å². The highest BCUT2D eigenvalue weighted by molar-refractivity contribution is 9.10. The third-order valence-electron chi connectivity index (χ3n) is 2.54. The van der Waals surface area contributed by atoms with Gasteiger partial charge in [-0.2, -0.15) is 10.2 Å². The number of hydrogen-bond donors (Lipinski definition) is 0. The zero-order chi connectivity index (χ0) is 14.0. The molecule has 0 N–H and O–H groups in total. The van der Waals surface area contributed by atoms with Crippen molar-refractivity contribution in [3.05, 3.63) is 39.4 Å². The third kappa shape index (κ3) is 2.96. The van der Waals surface area contributed by atoms with Gasteiger partial charge in [-0.25, -0.2) is 0 Å². The Hall–Kier alpha value is -1.40. The van der Waals surface area contributed by atoms with E-state index in [1.807, 2.05) is 6.92 Å². The number of halogens is 2. The second-order valence-electron chi connectivity index (χ2n) is 3.89. The summed E-state index contributed by atoms with van der Waals surface area (Å²) in [5, 5.41) is 8.54. The Balaban J connectivity index is 2.25. The molecule has 0 saturated carbocycles. The summed E-state index contributed by atoms with van der Waals surface area (Å²) < 4.78 is 4.13. The molecule has 0 radical (unpaired) electrons. The van der Waals surface area contributed by atoms with E-state index in [-0.39, 0.29) is 11.5 Å². The van der Waals surface area contributed by atoms with E-state index in [2.05, 4.69) is 26.1 Å². The molecule has 0 unspecified atom stereocenters. The first-order valence-corrected chi connectivity index (χ1v) is 6.83. The lowest BCUT2D eigenvalue weighted by atomic mass is 10.2. The largest absolute Gasteiger partial charge is 0.287 e. The van der Waals surface area contributed by atoms with Crippen LogP contribution in [0, 0.1) is 0 Å². The maximum Gasteiger partial charge on any atom is 0.207 e. The zero-order valence-corrected chi connectivity index (χ0v) is 12.8. The van der Waals surface area contributed by atoms with Crippen LogP contribution in [-0.4, -0.2) is 25.3 Å². The fourth-order valence-corrected chi connectivity index (χ4v) is 2.35. The molecule has 0 amide bonds. The van der Waals surface area contributed by atoms with Crippen molar-refractivity contribution in [1.82, 2.24) is 19.6 Å². The maximum atomic E-state index is 12.0. The van der Waals surface area contributed by atoms with Gasteiger partial charge in [0.05, 0.1) is 21.4 Å². The van der Waals surface area contributed by atoms with Gasteiger partial charge < -0.3 is 0 Å². The number of rotatable bonds is 4. The summed E-state index contributed by atoms with van der Waals surface area (Å²) in [7, 11) is 1.72. The second kappa shape index (κ2) is 5.71. The van der Waals surface area contributed by atoms with Crippen LogP contribution in [0.3, 0.4) is 0 Å². The van der Waals surface area contributed by atoms with Crippen LogP contribution in [0.25, 0.3) is 6.08 Å². The van der Waals surface area contributed by atoms with Crippen molar-refractivity contribution in [2.45, 2.75) is 13.5 Å². The Morgan fingerprint density at radius 3 is 2.89 bits per heavy atom. The molecule has 0 saturated heterocycles. The average Bonchev–Trinajstić information content (AvgIpc) is 2.89. The topological polar surface area (TPSA) is 52.7 Å². The van der Waals surface area contributed by atoms with Crippen molar-refractivity contribution in [3.8, 4) is 0 Å². The van der Waals surface area contributed by atoms with Gasteiger partial charge in [0.25, 0.3) is 0 Å². The van der Waals surface area contributed by atoms with Gasteiger partial charge in [0.1, 0.15) is 0 Å². The molecule has 0 bridgehead atoms. The Bertz CT molecular complexity index is 644. The number of allylic oxidation sites excluding steroid dienone is 1. The Labute approximate surface area is 124 Å². The summed E-state index contributed by atoms with van der Waals surface area (Å²) >= 11 is 9.32. The standard InChI is InChI=1S/C12H12BrClN4O/c1-3-18-10(8(13)6-15-18)4-5-11(19)12-9(14)7-17(2)16-12/h4-7H,3H2,1-2H3/b5-4+. The van der Waals surface area contributed by atoms with Crippen molar-refractivity contribution in [2.24, 2.45) is 7.05 Å². The molecule has 5 nitrogen and oxygen atoms in total. The lowest BCUT2D eigenvalue weighted by Gasteiger charge is -1.99. The minimum atomic E-state index is -0.235. The molecule has 100 valence electrons. The smallest absolute Gasteiger partial charge is 0.207 e. The molecular weight excluding hydrogens is 332 g/mol. The predicted molar refractivity (Wildman–Crippen MR) is 77.2 cm³/mol. The molecule has 0 aliphatic heterocycles. The van der Waals surface area contributed by atoms with Crippen molar-refractivity contribution < 1.29 is 4.79 Å². The average molecular weight is 344 g/mol. The SMILES string of the molecule is CCn1ncc(Br)c1/C=C/C(=O)c1nn(C)cc1Cl. The number of aryl methyl sites for hydroxylation is 2. The quantitative estimate of drug-likeness (QED) is 0.633. The zero-order valence-electron chi connectivity index (χ0n) is 10.5. The molecule has 7 heteroatoms. The first kappa shape index (κ1) is 14.0. The summed E-state index contributed by atoms with van der Waals surface area (Å²) in [6.07, 6.45) is 6.44. The van der Waals surface area contributed by atoms with Gasteiger partial charge in [-0.15, -0.1) is 0 Å². The number of aromatic nitrogens is 4. The lowest BCUT2D eigenvalue weighted by molar-refractivity contribution is 0.104. The van der Waals surface area contributed by atoms with Crippen LogP contribution in [-0.2, 0) is 13.6 Å². The molecule has 0 spiro atoms. The first-order valence-electron chi connectivity index (χ1n) is 5.65. The first-order chi connectivity index (χ1) is 9.02. The van der Waals surface area contributed by atoms with Crippen LogP contribution in [0.4, 0.5) is 0 Å². The van der Waals surface area contributed by atoms with Gasteiger partial charge in [-0.05, 0) is 35.0 Å². The Morgan fingerprint density at radius 2 is 2.32 bits per heavy atom. The van der Waals surface area contributed by atoms with Gasteiger partial charge in [0.2, 0.25) is 5.78 Å². The van der Waals surface area contributed by atoms with E-state index in [0.29, 0.717) is 5.02 Å². The molecule has 2 rings (SSSR count). The normalized spacial score (nSPS) is 11.4. The minimum absolute atomic E-state index is 0.235. The van der Waals surface area contributed by atoms with Crippen molar-refractivity contribution in [2.75, 3.05) is 0 Å². The van der Waals surface area contributed by atoms with Crippen LogP contribution in [0.2, 0.25) is 5.02 Å².